The predicted molar refractivity (Wildman–Crippen MR) is 95.8 cm³/mol. The van der Waals surface area contributed by atoms with Crippen LogP contribution in [-0.2, 0) is 6.42 Å². The van der Waals surface area contributed by atoms with Crippen molar-refractivity contribution >= 4 is 23.4 Å². The summed E-state index contributed by atoms with van der Waals surface area (Å²) in [4.78, 5) is 18.8. The number of rotatable bonds is 9. The van der Waals surface area contributed by atoms with Gasteiger partial charge < -0.3 is 9.72 Å². The van der Waals surface area contributed by atoms with Crippen LogP contribution in [0.3, 0.4) is 0 Å². The van der Waals surface area contributed by atoms with Gasteiger partial charge in [-0.3, -0.25) is 4.79 Å². The number of ether oxygens (including phenoxy) is 1. The van der Waals surface area contributed by atoms with Gasteiger partial charge in [0.25, 0.3) is 5.56 Å². The molecule has 0 atom stereocenters. The molecule has 2 rings (SSSR count). The first-order valence-electron chi connectivity index (χ1n) is 7.79. The zero-order valence-corrected chi connectivity index (χ0v) is 14.8. The highest BCUT2D eigenvalue weighted by Crippen LogP contribution is 2.17. The van der Waals surface area contributed by atoms with Gasteiger partial charge in [0.15, 0.2) is 5.16 Å². The van der Waals surface area contributed by atoms with Gasteiger partial charge in [0, 0.05) is 22.5 Å². The minimum Gasteiger partial charge on any atom is -0.494 e. The van der Waals surface area contributed by atoms with Crippen molar-refractivity contribution in [3.63, 3.8) is 0 Å². The van der Waals surface area contributed by atoms with Crippen molar-refractivity contribution in [3.05, 3.63) is 51.4 Å². The lowest BCUT2D eigenvalue weighted by Crippen LogP contribution is -2.10. The SMILES string of the molecule is CCCc1cc(=O)[nH]c(SCCCCOc2ccc(Cl)cc2)n1. The van der Waals surface area contributed by atoms with E-state index in [9.17, 15) is 4.79 Å². The van der Waals surface area contributed by atoms with E-state index in [0.29, 0.717) is 16.8 Å². The van der Waals surface area contributed by atoms with Crippen LogP contribution in [0.1, 0.15) is 31.9 Å². The van der Waals surface area contributed by atoms with Crippen LogP contribution >= 0.6 is 23.4 Å². The van der Waals surface area contributed by atoms with Gasteiger partial charge in [-0.05, 0) is 43.5 Å². The number of hydrogen-bond donors (Lipinski definition) is 1. The Morgan fingerprint density at radius 2 is 2.04 bits per heavy atom. The molecule has 124 valence electrons. The highest BCUT2D eigenvalue weighted by atomic mass is 35.5. The molecular weight excluding hydrogens is 332 g/mol. The fourth-order valence-corrected chi connectivity index (χ4v) is 3.05. The number of nitrogens with zero attached hydrogens (tertiary/aromatic N) is 1. The molecule has 1 aromatic heterocycles. The number of aryl methyl sites for hydroxylation is 1. The van der Waals surface area contributed by atoms with Crippen molar-refractivity contribution in [2.75, 3.05) is 12.4 Å². The molecule has 0 bridgehead atoms. The quantitative estimate of drug-likeness (QED) is 0.414. The number of unbranched alkanes of at least 4 members (excludes halogenated alkanes) is 1. The predicted octanol–water partition coefficient (Wildman–Crippen LogP) is 4.33. The molecule has 2 aromatic rings. The molecule has 0 spiro atoms. The largest absolute Gasteiger partial charge is 0.494 e. The van der Waals surface area contributed by atoms with Gasteiger partial charge in [-0.15, -0.1) is 0 Å². The van der Waals surface area contributed by atoms with Gasteiger partial charge >= 0.3 is 0 Å². The number of H-pyrrole nitrogens is 1. The number of hydrogen-bond acceptors (Lipinski definition) is 4. The monoisotopic (exact) mass is 352 g/mol. The third kappa shape index (κ3) is 6.67. The summed E-state index contributed by atoms with van der Waals surface area (Å²) in [6, 6.07) is 8.94. The standard InChI is InChI=1S/C17H21ClN2O2S/c1-2-5-14-12-16(21)20-17(19-14)23-11-4-3-10-22-15-8-6-13(18)7-9-15/h6-9,12H,2-5,10-11H2,1H3,(H,19,20,21). The van der Waals surface area contributed by atoms with Crippen molar-refractivity contribution in [2.45, 2.75) is 37.8 Å². The molecule has 1 heterocycles. The van der Waals surface area contributed by atoms with E-state index in [0.717, 1.165) is 42.9 Å². The first kappa shape index (κ1) is 17.9. The maximum Gasteiger partial charge on any atom is 0.251 e. The van der Waals surface area contributed by atoms with E-state index in [4.69, 9.17) is 16.3 Å². The van der Waals surface area contributed by atoms with Gasteiger partial charge in [-0.2, -0.15) is 0 Å². The van der Waals surface area contributed by atoms with Gasteiger partial charge in [0.1, 0.15) is 5.75 Å². The molecule has 0 aliphatic rings. The van der Waals surface area contributed by atoms with Crippen molar-refractivity contribution in [2.24, 2.45) is 0 Å². The van der Waals surface area contributed by atoms with E-state index >= 15 is 0 Å². The second-order valence-electron chi connectivity index (χ2n) is 5.15. The molecular formula is C17H21ClN2O2S. The van der Waals surface area contributed by atoms with Crippen LogP contribution < -0.4 is 10.3 Å². The average molecular weight is 353 g/mol. The van der Waals surface area contributed by atoms with Crippen LogP contribution in [0.4, 0.5) is 0 Å². The molecule has 0 saturated heterocycles. The summed E-state index contributed by atoms with van der Waals surface area (Å²) in [6.45, 7) is 2.75. The average Bonchev–Trinajstić information content (AvgIpc) is 2.52. The summed E-state index contributed by atoms with van der Waals surface area (Å²) < 4.78 is 5.64. The Balaban J connectivity index is 1.67. The van der Waals surface area contributed by atoms with Crippen LogP contribution in [0.5, 0.6) is 5.75 Å². The zero-order valence-electron chi connectivity index (χ0n) is 13.2. The van der Waals surface area contributed by atoms with Crippen molar-refractivity contribution in [3.8, 4) is 5.75 Å². The number of thioether (sulfide) groups is 1. The number of benzene rings is 1. The Hall–Kier alpha value is -1.46. The number of halogens is 1. The van der Waals surface area contributed by atoms with E-state index in [-0.39, 0.29) is 5.56 Å². The summed E-state index contributed by atoms with van der Waals surface area (Å²) >= 11 is 7.41. The molecule has 1 aromatic carbocycles. The molecule has 0 radical (unpaired) electrons. The Kier molecular flexibility index (Phi) is 7.49. The summed E-state index contributed by atoms with van der Waals surface area (Å²) in [5, 5.41) is 1.42. The van der Waals surface area contributed by atoms with Crippen molar-refractivity contribution in [1.29, 1.82) is 0 Å². The number of aromatic amines is 1. The number of aromatic nitrogens is 2. The lowest BCUT2D eigenvalue weighted by molar-refractivity contribution is 0.310. The third-order valence-corrected chi connectivity index (χ3v) is 4.35. The Bertz CT molecular complexity index is 658. The highest BCUT2D eigenvalue weighted by molar-refractivity contribution is 7.99. The minimum absolute atomic E-state index is 0.0722. The Morgan fingerprint density at radius 3 is 2.78 bits per heavy atom. The third-order valence-electron chi connectivity index (χ3n) is 3.14. The normalized spacial score (nSPS) is 10.7. The van der Waals surface area contributed by atoms with E-state index in [2.05, 4.69) is 16.9 Å². The molecule has 0 aliphatic heterocycles. The lowest BCUT2D eigenvalue weighted by Gasteiger charge is -2.06. The van der Waals surface area contributed by atoms with Gasteiger partial charge in [-0.1, -0.05) is 36.7 Å². The second-order valence-corrected chi connectivity index (χ2v) is 6.67. The van der Waals surface area contributed by atoms with Crippen LogP contribution in [0, 0.1) is 0 Å². The van der Waals surface area contributed by atoms with Gasteiger partial charge in [0.05, 0.1) is 6.61 Å². The zero-order chi connectivity index (χ0) is 16.5. The first-order valence-corrected chi connectivity index (χ1v) is 9.15. The molecule has 1 N–H and O–H groups in total. The highest BCUT2D eigenvalue weighted by Gasteiger charge is 2.02. The van der Waals surface area contributed by atoms with E-state index < -0.39 is 0 Å². The molecule has 23 heavy (non-hydrogen) atoms. The van der Waals surface area contributed by atoms with E-state index in [1.54, 1.807) is 17.8 Å². The summed E-state index contributed by atoms with van der Waals surface area (Å²) in [5.41, 5.74) is 0.793. The second kappa shape index (κ2) is 9.63. The topological polar surface area (TPSA) is 55.0 Å². The number of nitrogens with one attached hydrogen (secondary N) is 1. The minimum atomic E-state index is -0.0722. The molecule has 4 nitrogen and oxygen atoms in total. The summed E-state index contributed by atoms with van der Waals surface area (Å²) in [5.74, 6) is 1.74. The smallest absolute Gasteiger partial charge is 0.251 e. The first-order chi connectivity index (χ1) is 11.2. The lowest BCUT2D eigenvalue weighted by atomic mass is 10.2. The molecule has 0 unspecified atom stereocenters. The summed E-state index contributed by atoms with van der Waals surface area (Å²) in [6.07, 6.45) is 3.78. The maximum absolute atomic E-state index is 11.6. The Morgan fingerprint density at radius 1 is 1.26 bits per heavy atom. The Labute approximate surface area is 145 Å². The molecule has 6 heteroatoms. The van der Waals surface area contributed by atoms with Crippen LogP contribution in [0.15, 0.2) is 40.3 Å². The van der Waals surface area contributed by atoms with Gasteiger partial charge in [-0.25, -0.2) is 4.98 Å². The van der Waals surface area contributed by atoms with E-state index in [1.165, 1.54) is 0 Å². The summed E-state index contributed by atoms with van der Waals surface area (Å²) in [7, 11) is 0. The van der Waals surface area contributed by atoms with Crippen LogP contribution in [0.2, 0.25) is 5.02 Å². The fourth-order valence-electron chi connectivity index (χ4n) is 2.03. The molecule has 0 amide bonds. The maximum atomic E-state index is 11.6. The van der Waals surface area contributed by atoms with Gasteiger partial charge in [0.2, 0.25) is 0 Å². The molecule has 0 saturated carbocycles. The van der Waals surface area contributed by atoms with Crippen molar-refractivity contribution < 1.29 is 4.74 Å². The fraction of sp³-hybridized carbons (Fsp3) is 0.412. The van der Waals surface area contributed by atoms with E-state index in [1.807, 2.05) is 24.3 Å². The van der Waals surface area contributed by atoms with Crippen LogP contribution in [0.25, 0.3) is 0 Å². The molecule has 0 fully saturated rings. The van der Waals surface area contributed by atoms with Crippen molar-refractivity contribution in [1.82, 2.24) is 9.97 Å². The molecule has 0 aliphatic carbocycles. The van der Waals surface area contributed by atoms with Crippen LogP contribution in [-0.4, -0.2) is 22.3 Å².